The number of rotatable bonds is 3. The van der Waals surface area contributed by atoms with Crippen molar-refractivity contribution in [2.24, 2.45) is 0 Å². The third-order valence-corrected chi connectivity index (χ3v) is 4.37. The summed E-state index contributed by atoms with van der Waals surface area (Å²) in [6.07, 6.45) is -3.17. The summed E-state index contributed by atoms with van der Waals surface area (Å²) >= 11 is 0. The zero-order chi connectivity index (χ0) is 19.6. The standard InChI is InChI=1S/C18H17F3N4O2/c1-12-23-16(15(10-22)17(26)25(12)27-11-18(19,20)21)24-8-6-13-4-2-3-5-14(13)7-9-24/h2-5H,6-9,11H2,1H3. The normalized spacial score (nSPS) is 14.3. The van der Waals surface area contributed by atoms with Crippen molar-refractivity contribution in [2.45, 2.75) is 25.9 Å². The predicted octanol–water partition coefficient (Wildman–Crippen LogP) is 2.02. The summed E-state index contributed by atoms with van der Waals surface area (Å²) in [6.45, 7) is 0.823. The fraction of sp³-hybridized carbons (Fsp3) is 0.389. The Hall–Kier alpha value is -3.02. The molecule has 1 aliphatic heterocycles. The molecule has 0 saturated heterocycles. The Bertz CT molecular complexity index is 920. The van der Waals surface area contributed by atoms with Gasteiger partial charge in [0.15, 0.2) is 11.4 Å². The molecule has 0 amide bonds. The van der Waals surface area contributed by atoms with Gasteiger partial charge in [-0.05, 0) is 30.9 Å². The van der Waals surface area contributed by atoms with E-state index in [0.29, 0.717) is 17.8 Å². The van der Waals surface area contributed by atoms with E-state index < -0.39 is 18.3 Å². The lowest BCUT2D eigenvalue weighted by Crippen LogP contribution is -2.39. The molecule has 0 unspecified atom stereocenters. The van der Waals surface area contributed by atoms with Crippen molar-refractivity contribution in [3.63, 3.8) is 0 Å². The molecule has 0 saturated carbocycles. The van der Waals surface area contributed by atoms with Crippen LogP contribution in [-0.2, 0) is 12.8 Å². The van der Waals surface area contributed by atoms with Crippen LogP contribution in [0.2, 0.25) is 0 Å². The molecule has 3 rings (SSSR count). The van der Waals surface area contributed by atoms with E-state index in [2.05, 4.69) is 9.82 Å². The molecule has 6 nitrogen and oxygen atoms in total. The van der Waals surface area contributed by atoms with Crippen LogP contribution in [0.1, 0.15) is 22.5 Å². The fourth-order valence-electron chi connectivity index (χ4n) is 3.09. The van der Waals surface area contributed by atoms with E-state index in [0.717, 1.165) is 12.8 Å². The summed E-state index contributed by atoms with van der Waals surface area (Å²) in [5.74, 6) is 0.139. The first-order chi connectivity index (χ1) is 12.8. The van der Waals surface area contributed by atoms with Gasteiger partial charge in [-0.1, -0.05) is 24.3 Å². The van der Waals surface area contributed by atoms with E-state index >= 15 is 0 Å². The zero-order valence-electron chi connectivity index (χ0n) is 14.6. The maximum absolute atomic E-state index is 12.5. The summed E-state index contributed by atoms with van der Waals surface area (Å²) in [6, 6.07) is 9.75. The van der Waals surface area contributed by atoms with Crippen LogP contribution in [0.25, 0.3) is 0 Å². The minimum atomic E-state index is -4.60. The molecule has 0 bridgehead atoms. The van der Waals surface area contributed by atoms with Crippen molar-refractivity contribution in [1.29, 1.82) is 5.26 Å². The van der Waals surface area contributed by atoms with Gasteiger partial charge in [0.25, 0.3) is 0 Å². The van der Waals surface area contributed by atoms with Gasteiger partial charge in [0.05, 0.1) is 0 Å². The number of fused-ring (bicyclic) bond motifs is 1. The predicted molar refractivity (Wildman–Crippen MR) is 91.5 cm³/mol. The van der Waals surface area contributed by atoms with Crippen LogP contribution in [0.3, 0.4) is 0 Å². The lowest BCUT2D eigenvalue weighted by atomic mass is 10.0. The van der Waals surface area contributed by atoms with E-state index in [1.54, 1.807) is 6.07 Å². The van der Waals surface area contributed by atoms with Crippen LogP contribution in [0.4, 0.5) is 19.0 Å². The Kier molecular flexibility index (Phi) is 5.08. The molecule has 1 aromatic carbocycles. The van der Waals surface area contributed by atoms with Crippen LogP contribution in [0, 0.1) is 18.3 Å². The highest BCUT2D eigenvalue weighted by molar-refractivity contribution is 5.53. The molecule has 2 aromatic rings. The second kappa shape index (κ2) is 7.31. The third-order valence-electron chi connectivity index (χ3n) is 4.37. The lowest BCUT2D eigenvalue weighted by Gasteiger charge is -2.23. The average Bonchev–Trinajstić information content (AvgIpc) is 2.83. The fourth-order valence-corrected chi connectivity index (χ4v) is 3.09. The molecule has 0 radical (unpaired) electrons. The lowest BCUT2D eigenvalue weighted by molar-refractivity contribution is -0.176. The monoisotopic (exact) mass is 378 g/mol. The zero-order valence-corrected chi connectivity index (χ0v) is 14.6. The van der Waals surface area contributed by atoms with E-state index in [1.165, 1.54) is 18.1 Å². The van der Waals surface area contributed by atoms with Crippen LogP contribution >= 0.6 is 0 Å². The Morgan fingerprint density at radius 1 is 1.22 bits per heavy atom. The highest BCUT2D eigenvalue weighted by Gasteiger charge is 2.30. The first-order valence-electron chi connectivity index (χ1n) is 8.35. The second-order valence-electron chi connectivity index (χ2n) is 6.21. The number of anilines is 1. The molecule has 27 heavy (non-hydrogen) atoms. The largest absolute Gasteiger partial charge is 0.425 e. The van der Waals surface area contributed by atoms with Gasteiger partial charge in [0, 0.05) is 13.1 Å². The molecule has 1 aliphatic rings. The quantitative estimate of drug-likeness (QED) is 0.817. The number of benzene rings is 1. The van der Waals surface area contributed by atoms with Crippen molar-refractivity contribution in [2.75, 3.05) is 24.6 Å². The molecular formula is C18H17F3N4O2. The van der Waals surface area contributed by atoms with Crippen molar-refractivity contribution in [1.82, 2.24) is 9.71 Å². The minimum absolute atomic E-state index is 0.0417. The number of hydrogen-bond donors (Lipinski definition) is 0. The molecule has 0 aliphatic carbocycles. The topological polar surface area (TPSA) is 71.2 Å². The van der Waals surface area contributed by atoms with Gasteiger partial charge in [0.2, 0.25) is 6.61 Å². The van der Waals surface area contributed by atoms with Gasteiger partial charge in [-0.3, -0.25) is 4.79 Å². The molecule has 0 atom stereocenters. The number of nitrogens with zero attached hydrogens (tertiary/aromatic N) is 4. The molecule has 9 heteroatoms. The Labute approximate surface area is 153 Å². The second-order valence-corrected chi connectivity index (χ2v) is 6.21. The maximum atomic E-state index is 12.5. The summed E-state index contributed by atoms with van der Waals surface area (Å²) in [4.78, 5) is 23.1. The smallest absolute Gasteiger partial charge is 0.399 e. The van der Waals surface area contributed by atoms with Gasteiger partial charge in [0.1, 0.15) is 11.9 Å². The van der Waals surface area contributed by atoms with Crippen molar-refractivity contribution in [3.05, 3.63) is 57.1 Å². The highest BCUT2D eigenvalue weighted by atomic mass is 19.4. The summed E-state index contributed by atoms with van der Waals surface area (Å²) in [7, 11) is 0. The molecule has 1 aromatic heterocycles. The van der Waals surface area contributed by atoms with Crippen molar-refractivity contribution >= 4 is 5.82 Å². The summed E-state index contributed by atoms with van der Waals surface area (Å²) in [5.41, 5.74) is 1.12. The Morgan fingerprint density at radius 3 is 2.33 bits per heavy atom. The van der Waals surface area contributed by atoms with Crippen molar-refractivity contribution < 1.29 is 18.0 Å². The van der Waals surface area contributed by atoms with Gasteiger partial charge >= 0.3 is 11.7 Å². The first kappa shape index (κ1) is 18.8. The summed E-state index contributed by atoms with van der Waals surface area (Å²) < 4.78 is 37.6. The van der Waals surface area contributed by atoms with Gasteiger partial charge in [-0.2, -0.15) is 18.4 Å². The minimum Gasteiger partial charge on any atom is -0.399 e. The molecule has 0 N–H and O–H groups in total. The molecular weight excluding hydrogens is 361 g/mol. The third kappa shape index (κ3) is 4.05. The number of hydrogen-bond acceptors (Lipinski definition) is 5. The van der Waals surface area contributed by atoms with E-state index in [4.69, 9.17) is 0 Å². The van der Waals surface area contributed by atoms with E-state index in [9.17, 15) is 23.2 Å². The van der Waals surface area contributed by atoms with Crippen LogP contribution < -0.4 is 15.3 Å². The number of aromatic nitrogens is 2. The summed E-state index contributed by atoms with van der Waals surface area (Å²) in [5, 5.41) is 9.41. The molecule has 142 valence electrons. The maximum Gasteiger partial charge on any atom is 0.425 e. The van der Waals surface area contributed by atoms with Crippen molar-refractivity contribution in [3.8, 4) is 6.07 Å². The number of nitriles is 1. The van der Waals surface area contributed by atoms with E-state index in [1.807, 2.05) is 29.2 Å². The van der Waals surface area contributed by atoms with Crippen LogP contribution in [0.15, 0.2) is 29.1 Å². The molecule has 2 heterocycles. The van der Waals surface area contributed by atoms with Gasteiger partial charge in [-0.15, -0.1) is 4.73 Å². The van der Waals surface area contributed by atoms with Crippen LogP contribution in [-0.4, -0.2) is 35.6 Å². The number of aryl methyl sites for hydroxylation is 1. The number of halogens is 3. The van der Waals surface area contributed by atoms with Gasteiger partial charge < -0.3 is 9.74 Å². The molecule has 0 spiro atoms. The number of alkyl halides is 3. The van der Waals surface area contributed by atoms with Crippen LogP contribution in [0.5, 0.6) is 0 Å². The van der Waals surface area contributed by atoms with E-state index in [-0.39, 0.29) is 17.2 Å². The SMILES string of the molecule is Cc1nc(N2CCc3ccccc3CC2)c(C#N)c(=O)n1OCC(F)(F)F. The highest BCUT2D eigenvalue weighted by Crippen LogP contribution is 2.21. The molecule has 0 fully saturated rings. The average molecular weight is 378 g/mol. The Balaban J connectivity index is 1.93. The first-order valence-corrected chi connectivity index (χ1v) is 8.35. The van der Waals surface area contributed by atoms with Gasteiger partial charge in [-0.25, -0.2) is 4.98 Å². The Morgan fingerprint density at radius 2 is 1.81 bits per heavy atom.